The van der Waals surface area contributed by atoms with Gasteiger partial charge in [0.1, 0.15) is 6.29 Å². The molecule has 0 amide bonds. The lowest BCUT2D eigenvalue weighted by Gasteiger charge is -2.44. The molecule has 4 nitrogen and oxygen atoms in total. The second-order valence-electron chi connectivity index (χ2n) is 7.40. The number of aldehydes is 1. The molecule has 0 radical (unpaired) electrons. The smallest absolute Gasteiger partial charge is 0.305 e. The predicted molar refractivity (Wildman–Crippen MR) is 105 cm³/mol. The maximum absolute atomic E-state index is 11.3. The van der Waals surface area contributed by atoms with E-state index in [4.69, 9.17) is 4.43 Å². The molecule has 0 saturated heterocycles. The van der Waals surface area contributed by atoms with Gasteiger partial charge in [0.25, 0.3) is 8.32 Å². The van der Waals surface area contributed by atoms with Crippen molar-refractivity contribution in [3.05, 3.63) is 60.7 Å². The maximum atomic E-state index is 11.3. The second kappa shape index (κ2) is 8.43. The molecule has 0 fully saturated rings. The Morgan fingerprint density at radius 1 is 1.04 bits per heavy atom. The van der Waals surface area contributed by atoms with E-state index < -0.39 is 20.4 Å². The number of hydrogen-bond acceptors (Lipinski definition) is 3. The van der Waals surface area contributed by atoms with E-state index in [9.17, 15) is 14.7 Å². The molecule has 0 unspecified atom stereocenters. The van der Waals surface area contributed by atoms with Crippen LogP contribution in [0.15, 0.2) is 60.7 Å². The zero-order valence-corrected chi connectivity index (χ0v) is 16.5. The van der Waals surface area contributed by atoms with Crippen molar-refractivity contribution >= 4 is 30.9 Å². The molecule has 1 N–H and O–H groups in total. The van der Waals surface area contributed by atoms with Crippen molar-refractivity contribution in [3.63, 3.8) is 0 Å². The van der Waals surface area contributed by atoms with E-state index in [1.54, 1.807) is 0 Å². The summed E-state index contributed by atoms with van der Waals surface area (Å²) in [5, 5.41) is 11.2. The van der Waals surface area contributed by atoms with Crippen molar-refractivity contribution < 1.29 is 19.1 Å². The van der Waals surface area contributed by atoms with Gasteiger partial charge in [-0.3, -0.25) is 4.79 Å². The number of carbonyl (C=O) groups is 2. The van der Waals surface area contributed by atoms with E-state index in [1.807, 2.05) is 60.7 Å². The molecule has 0 saturated carbocycles. The molecular weight excluding hydrogens is 344 g/mol. The van der Waals surface area contributed by atoms with Crippen LogP contribution in [0.25, 0.3) is 0 Å². The fraction of sp³-hybridized carbons (Fsp3) is 0.333. The first-order chi connectivity index (χ1) is 12.3. The highest BCUT2D eigenvalue weighted by molar-refractivity contribution is 6.99. The Morgan fingerprint density at radius 3 is 1.85 bits per heavy atom. The number of carboxylic acids is 1. The molecular formula is C21H26O4Si. The number of benzene rings is 2. The summed E-state index contributed by atoms with van der Waals surface area (Å²) >= 11 is 0. The monoisotopic (exact) mass is 370 g/mol. The third kappa shape index (κ3) is 4.29. The van der Waals surface area contributed by atoms with Crippen molar-refractivity contribution in [1.82, 2.24) is 0 Å². The van der Waals surface area contributed by atoms with Gasteiger partial charge in [-0.2, -0.15) is 0 Å². The van der Waals surface area contributed by atoms with E-state index in [0.717, 1.165) is 16.7 Å². The molecule has 1 atom stereocenters. The molecule has 2 aromatic carbocycles. The summed E-state index contributed by atoms with van der Waals surface area (Å²) in [7, 11) is -2.84. The Kier molecular flexibility index (Phi) is 6.50. The van der Waals surface area contributed by atoms with Crippen LogP contribution in [-0.2, 0) is 14.0 Å². The lowest BCUT2D eigenvalue weighted by molar-refractivity contribution is -0.139. The van der Waals surface area contributed by atoms with Gasteiger partial charge in [-0.25, -0.2) is 0 Å². The van der Waals surface area contributed by atoms with Gasteiger partial charge >= 0.3 is 5.97 Å². The third-order valence-corrected chi connectivity index (χ3v) is 9.61. The Labute approximate surface area is 156 Å². The molecule has 0 aromatic heterocycles. The van der Waals surface area contributed by atoms with Crippen LogP contribution in [-0.4, -0.2) is 31.8 Å². The summed E-state index contributed by atoms with van der Waals surface area (Å²) in [6.07, 6.45) is -0.0397. The molecule has 0 aliphatic rings. The fourth-order valence-corrected chi connectivity index (χ4v) is 8.11. The summed E-state index contributed by atoms with van der Waals surface area (Å²) in [6, 6.07) is 20.0. The van der Waals surface area contributed by atoms with Crippen LogP contribution in [0, 0.1) is 0 Å². The van der Waals surface area contributed by atoms with Crippen LogP contribution >= 0.6 is 0 Å². The van der Waals surface area contributed by atoms with Gasteiger partial charge in [0.05, 0.1) is 12.5 Å². The minimum absolute atomic E-state index is 0.0663. The van der Waals surface area contributed by atoms with Crippen molar-refractivity contribution in [3.8, 4) is 0 Å². The molecule has 0 spiro atoms. The highest BCUT2D eigenvalue weighted by atomic mass is 28.4. The highest BCUT2D eigenvalue weighted by Crippen LogP contribution is 2.38. The van der Waals surface area contributed by atoms with Crippen molar-refractivity contribution in [2.75, 3.05) is 0 Å². The van der Waals surface area contributed by atoms with Gasteiger partial charge in [-0.15, -0.1) is 0 Å². The zero-order valence-electron chi connectivity index (χ0n) is 15.5. The summed E-state index contributed by atoms with van der Waals surface area (Å²) in [5.41, 5.74) is 0. The third-order valence-electron chi connectivity index (χ3n) is 4.52. The van der Waals surface area contributed by atoms with Crippen molar-refractivity contribution in [2.45, 2.75) is 44.8 Å². The lowest BCUT2D eigenvalue weighted by atomic mass is 10.2. The Balaban J connectivity index is 2.67. The van der Waals surface area contributed by atoms with Crippen LogP contribution in [0.4, 0.5) is 0 Å². The molecule has 0 aliphatic carbocycles. The van der Waals surface area contributed by atoms with Crippen LogP contribution in [0.3, 0.4) is 0 Å². The van der Waals surface area contributed by atoms with Gasteiger partial charge in [0.2, 0.25) is 0 Å². The summed E-state index contributed by atoms with van der Waals surface area (Å²) in [5.74, 6) is -0.963. The fourth-order valence-electron chi connectivity index (χ4n) is 3.42. The van der Waals surface area contributed by atoms with Gasteiger partial charge < -0.3 is 14.3 Å². The van der Waals surface area contributed by atoms with Crippen molar-refractivity contribution in [2.24, 2.45) is 0 Å². The van der Waals surface area contributed by atoms with Crippen molar-refractivity contribution in [1.29, 1.82) is 0 Å². The lowest BCUT2D eigenvalue weighted by Crippen LogP contribution is -2.67. The number of hydrogen-bond donors (Lipinski definition) is 1. The van der Waals surface area contributed by atoms with E-state index in [2.05, 4.69) is 20.8 Å². The van der Waals surface area contributed by atoms with Crippen LogP contribution in [0.5, 0.6) is 0 Å². The molecule has 2 aromatic rings. The van der Waals surface area contributed by atoms with Gasteiger partial charge in [0.15, 0.2) is 0 Å². The molecule has 26 heavy (non-hydrogen) atoms. The molecule has 0 bridgehead atoms. The van der Waals surface area contributed by atoms with Crippen LogP contribution in [0.1, 0.15) is 33.6 Å². The average molecular weight is 371 g/mol. The van der Waals surface area contributed by atoms with Crippen LogP contribution in [0.2, 0.25) is 5.04 Å². The van der Waals surface area contributed by atoms with E-state index in [-0.39, 0.29) is 17.9 Å². The average Bonchev–Trinajstić information content (AvgIpc) is 2.59. The standard InChI is InChI=1S/C21H26O4Si/c1-21(2,3)26(18-10-6-4-7-11-18,19-12-8-5-9-13-19)25-17(14-15-22)16-20(23)24/h4-13,15,17H,14,16H2,1-3H3,(H,23,24)/t17-/m1/s1. The zero-order chi connectivity index (χ0) is 19.2. The minimum Gasteiger partial charge on any atom is -0.481 e. The number of rotatable bonds is 8. The van der Waals surface area contributed by atoms with E-state index >= 15 is 0 Å². The van der Waals surface area contributed by atoms with E-state index in [1.165, 1.54) is 0 Å². The minimum atomic E-state index is -2.84. The predicted octanol–water partition coefficient (Wildman–Crippen LogP) is 3.00. The van der Waals surface area contributed by atoms with Gasteiger partial charge in [-0.1, -0.05) is 81.4 Å². The Hall–Kier alpha value is -2.24. The number of aliphatic carboxylic acids is 1. The SMILES string of the molecule is CC(C)(C)[Si](O[C@H](CC=O)CC(=O)O)(c1ccccc1)c1ccccc1. The molecule has 0 heterocycles. The summed E-state index contributed by atoms with van der Waals surface area (Å²) in [6.45, 7) is 6.37. The second-order valence-corrected chi connectivity index (χ2v) is 11.7. The van der Waals surface area contributed by atoms with E-state index in [0.29, 0.717) is 0 Å². The topological polar surface area (TPSA) is 63.6 Å². The normalized spacial score (nSPS) is 13.2. The van der Waals surface area contributed by atoms with Crippen LogP contribution < -0.4 is 10.4 Å². The maximum Gasteiger partial charge on any atom is 0.305 e. The van der Waals surface area contributed by atoms with Gasteiger partial charge in [0, 0.05) is 6.42 Å². The Bertz CT molecular complexity index is 683. The molecule has 2 rings (SSSR count). The molecule has 0 aliphatic heterocycles. The first-order valence-corrected chi connectivity index (χ1v) is 10.7. The first kappa shape index (κ1) is 20.1. The summed E-state index contributed by atoms with van der Waals surface area (Å²) in [4.78, 5) is 22.5. The molecule has 5 heteroatoms. The first-order valence-electron chi connectivity index (χ1n) is 8.75. The Morgan fingerprint density at radius 2 is 1.50 bits per heavy atom. The highest BCUT2D eigenvalue weighted by Gasteiger charge is 2.51. The quantitative estimate of drug-likeness (QED) is 0.573. The number of carbonyl (C=O) groups excluding carboxylic acids is 1. The summed E-state index contributed by atoms with van der Waals surface area (Å²) < 4.78 is 6.65. The van der Waals surface area contributed by atoms with Gasteiger partial charge in [-0.05, 0) is 15.4 Å². The molecule has 138 valence electrons. The largest absolute Gasteiger partial charge is 0.481 e. The number of carboxylic acid groups (broad SMARTS) is 1.